The second-order valence-corrected chi connectivity index (χ2v) is 9.65. The standard InChI is InChI=1S/C27H32N4O3/c1-17-7-9-20(28-14-17)15-29-23-5-3-4-6-25(23)34-21-10-11-22-19(13-21)16-31(27(22)33)24-12-8-18(2)30-26(24)32/h7,9-11,13-14,23-25,29H,2-6,8,12,15-16H2,1H3,(H,30,32)/t23-,24?,25-/m0/s1. The van der Waals surface area contributed by atoms with E-state index in [4.69, 9.17) is 4.74 Å². The zero-order valence-corrected chi connectivity index (χ0v) is 19.7. The number of amides is 2. The minimum Gasteiger partial charge on any atom is -0.489 e. The number of allylic oxidation sites excluding steroid dienone is 1. The molecule has 1 aromatic carbocycles. The molecule has 3 aliphatic rings. The number of carbonyl (C=O) groups is 2. The molecule has 178 valence electrons. The first-order valence-corrected chi connectivity index (χ1v) is 12.2. The summed E-state index contributed by atoms with van der Waals surface area (Å²) >= 11 is 0. The fourth-order valence-electron chi connectivity index (χ4n) is 5.19. The van der Waals surface area contributed by atoms with E-state index in [0.29, 0.717) is 31.5 Å². The lowest BCUT2D eigenvalue weighted by molar-refractivity contribution is -0.126. The highest BCUT2D eigenvalue weighted by molar-refractivity contribution is 6.01. The fraction of sp³-hybridized carbons (Fsp3) is 0.444. The van der Waals surface area contributed by atoms with Gasteiger partial charge in [-0.3, -0.25) is 14.6 Å². The maximum Gasteiger partial charge on any atom is 0.255 e. The van der Waals surface area contributed by atoms with E-state index in [2.05, 4.69) is 34.3 Å². The Morgan fingerprint density at radius 1 is 1.18 bits per heavy atom. The molecular formula is C27H32N4O3. The van der Waals surface area contributed by atoms with Crippen LogP contribution in [-0.2, 0) is 17.9 Å². The van der Waals surface area contributed by atoms with Crippen LogP contribution in [0.5, 0.6) is 5.75 Å². The van der Waals surface area contributed by atoms with Gasteiger partial charge < -0.3 is 20.3 Å². The Hall–Kier alpha value is -3.19. The molecule has 2 amide bonds. The zero-order chi connectivity index (χ0) is 23.7. The van der Waals surface area contributed by atoms with E-state index < -0.39 is 6.04 Å². The highest BCUT2D eigenvalue weighted by Gasteiger charge is 2.38. The fourth-order valence-corrected chi connectivity index (χ4v) is 5.19. The lowest BCUT2D eigenvalue weighted by Crippen LogP contribution is -2.49. The van der Waals surface area contributed by atoms with Gasteiger partial charge in [0.05, 0.1) is 5.69 Å². The van der Waals surface area contributed by atoms with Gasteiger partial charge in [0.15, 0.2) is 0 Å². The number of nitrogens with zero attached hydrogens (tertiary/aromatic N) is 2. The topological polar surface area (TPSA) is 83.6 Å². The Bertz CT molecular complexity index is 1100. The summed E-state index contributed by atoms with van der Waals surface area (Å²) in [4.78, 5) is 31.6. The molecule has 0 bridgehead atoms. The zero-order valence-electron chi connectivity index (χ0n) is 19.7. The molecule has 0 spiro atoms. The number of rotatable bonds is 6. The molecule has 5 rings (SSSR count). The maximum absolute atomic E-state index is 13.0. The molecule has 3 heterocycles. The molecule has 34 heavy (non-hydrogen) atoms. The maximum atomic E-state index is 13.0. The normalized spacial score (nSPS) is 24.7. The molecule has 2 fully saturated rings. The van der Waals surface area contributed by atoms with Gasteiger partial charge in [0.1, 0.15) is 17.9 Å². The first kappa shape index (κ1) is 22.6. The van der Waals surface area contributed by atoms with Crippen LogP contribution in [0.3, 0.4) is 0 Å². The molecule has 2 aliphatic heterocycles. The van der Waals surface area contributed by atoms with Crippen molar-refractivity contribution < 1.29 is 14.3 Å². The lowest BCUT2D eigenvalue weighted by atomic mass is 9.92. The summed E-state index contributed by atoms with van der Waals surface area (Å²) in [7, 11) is 0. The predicted molar refractivity (Wildman–Crippen MR) is 129 cm³/mol. The van der Waals surface area contributed by atoms with E-state index in [-0.39, 0.29) is 24.0 Å². The largest absolute Gasteiger partial charge is 0.489 e. The van der Waals surface area contributed by atoms with Crippen LogP contribution in [0.2, 0.25) is 0 Å². The van der Waals surface area contributed by atoms with Crippen molar-refractivity contribution >= 4 is 11.8 Å². The van der Waals surface area contributed by atoms with E-state index in [0.717, 1.165) is 47.5 Å². The molecule has 1 unspecified atom stereocenters. The van der Waals surface area contributed by atoms with E-state index in [1.54, 1.807) is 4.90 Å². The van der Waals surface area contributed by atoms with Gasteiger partial charge >= 0.3 is 0 Å². The number of aromatic nitrogens is 1. The minimum absolute atomic E-state index is 0.0700. The van der Waals surface area contributed by atoms with Gasteiger partial charge in [-0.1, -0.05) is 19.1 Å². The van der Waals surface area contributed by atoms with Gasteiger partial charge in [-0.05, 0) is 74.4 Å². The second-order valence-electron chi connectivity index (χ2n) is 9.65. The van der Waals surface area contributed by atoms with E-state index in [9.17, 15) is 9.59 Å². The summed E-state index contributed by atoms with van der Waals surface area (Å²) in [5.74, 6) is 0.548. The van der Waals surface area contributed by atoms with Crippen LogP contribution >= 0.6 is 0 Å². The van der Waals surface area contributed by atoms with Crippen molar-refractivity contribution in [1.82, 2.24) is 20.5 Å². The van der Waals surface area contributed by atoms with Crippen molar-refractivity contribution in [2.24, 2.45) is 0 Å². The SMILES string of the molecule is C=C1CCC(N2Cc3cc(O[C@H]4CCCC[C@@H]4NCc4ccc(C)cn4)ccc3C2=O)C(=O)N1. The predicted octanol–water partition coefficient (Wildman–Crippen LogP) is 3.62. The molecule has 3 atom stereocenters. The van der Waals surface area contributed by atoms with Crippen LogP contribution in [0.4, 0.5) is 0 Å². The Morgan fingerprint density at radius 2 is 2.03 bits per heavy atom. The Balaban J connectivity index is 1.24. The first-order valence-electron chi connectivity index (χ1n) is 12.2. The molecule has 1 aliphatic carbocycles. The van der Waals surface area contributed by atoms with E-state index in [1.807, 2.05) is 31.3 Å². The third kappa shape index (κ3) is 4.71. The van der Waals surface area contributed by atoms with Crippen molar-refractivity contribution in [2.45, 2.75) is 76.7 Å². The number of carbonyl (C=O) groups excluding carboxylic acids is 2. The summed E-state index contributed by atoms with van der Waals surface area (Å²) in [5.41, 5.74) is 4.49. The number of piperidine rings is 1. The summed E-state index contributed by atoms with van der Waals surface area (Å²) in [5, 5.41) is 6.43. The quantitative estimate of drug-likeness (QED) is 0.688. The van der Waals surface area contributed by atoms with Gasteiger partial charge in [-0.25, -0.2) is 0 Å². The van der Waals surface area contributed by atoms with Crippen molar-refractivity contribution in [3.63, 3.8) is 0 Å². The molecular weight excluding hydrogens is 428 g/mol. The van der Waals surface area contributed by atoms with E-state index >= 15 is 0 Å². The van der Waals surface area contributed by atoms with Crippen LogP contribution in [0.15, 0.2) is 48.8 Å². The number of hydrogen-bond donors (Lipinski definition) is 2. The first-order chi connectivity index (χ1) is 16.5. The highest BCUT2D eigenvalue weighted by atomic mass is 16.5. The number of benzene rings is 1. The third-order valence-electron chi connectivity index (χ3n) is 7.12. The third-order valence-corrected chi connectivity index (χ3v) is 7.12. The molecule has 1 aromatic heterocycles. The molecule has 0 radical (unpaired) electrons. The van der Waals surface area contributed by atoms with Gasteiger partial charge in [0.25, 0.3) is 5.91 Å². The molecule has 7 heteroatoms. The number of ether oxygens (including phenoxy) is 1. The summed E-state index contributed by atoms with van der Waals surface area (Å²) in [6.07, 6.45) is 7.66. The minimum atomic E-state index is -0.447. The lowest BCUT2D eigenvalue weighted by Gasteiger charge is -2.32. The van der Waals surface area contributed by atoms with Crippen LogP contribution in [0.25, 0.3) is 0 Å². The van der Waals surface area contributed by atoms with Gasteiger partial charge in [0.2, 0.25) is 5.91 Å². The van der Waals surface area contributed by atoms with Crippen LogP contribution < -0.4 is 15.4 Å². The molecule has 1 saturated heterocycles. The Kier molecular flexibility index (Phi) is 6.37. The molecule has 7 nitrogen and oxygen atoms in total. The number of hydrogen-bond acceptors (Lipinski definition) is 5. The van der Waals surface area contributed by atoms with Crippen LogP contribution in [0, 0.1) is 6.92 Å². The highest BCUT2D eigenvalue weighted by Crippen LogP contribution is 2.32. The van der Waals surface area contributed by atoms with Crippen molar-refractivity contribution in [2.75, 3.05) is 0 Å². The summed E-state index contributed by atoms with van der Waals surface area (Å²) < 4.78 is 6.45. The average molecular weight is 461 g/mol. The van der Waals surface area contributed by atoms with Gasteiger partial charge in [-0.15, -0.1) is 0 Å². The monoisotopic (exact) mass is 460 g/mol. The summed E-state index contributed by atoms with van der Waals surface area (Å²) in [6, 6.07) is 9.65. The Labute approximate surface area is 200 Å². The number of fused-ring (bicyclic) bond motifs is 1. The molecule has 2 N–H and O–H groups in total. The number of pyridine rings is 1. The smallest absolute Gasteiger partial charge is 0.255 e. The van der Waals surface area contributed by atoms with Crippen molar-refractivity contribution in [3.05, 3.63) is 71.2 Å². The second kappa shape index (κ2) is 9.58. The van der Waals surface area contributed by atoms with E-state index in [1.165, 1.54) is 6.42 Å². The Morgan fingerprint density at radius 3 is 2.82 bits per heavy atom. The van der Waals surface area contributed by atoms with Gasteiger partial charge in [0, 0.05) is 36.6 Å². The van der Waals surface area contributed by atoms with Crippen LogP contribution in [0.1, 0.15) is 65.7 Å². The van der Waals surface area contributed by atoms with Gasteiger partial charge in [-0.2, -0.15) is 0 Å². The van der Waals surface area contributed by atoms with Crippen molar-refractivity contribution in [3.8, 4) is 5.75 Å². The van der Waals surface area contributed by atoms with Crippen molar-refractivity contribution in [1.29, 1.82) is 0 Å². The number of nitrogens with one attached hydrogen (secondary N) is 2. The van der Waals surface area contributed by atoms with Crippen LogP contribution in [-0.4, -0.2) is 39.9 Å². The molecule has 2 aromatic rings. The molecule has 1 saturated carbocycles. The average Bonchev–Trinajstić information content (AvgIpc) is 3.15. The summed E-state index contributed by atoms with van der Waals surface area (Å²) in [6.45, 7) is 7.02. The number of aryl methyl sites for hydroxylation is 1.